The molecule has 3 rings (SSSR count). The molecule has 2 aliphatic rings. The summed E-state index contributed by atoms with van der Waals surface area (Å²) in [6, 6.07) is 1.89. The van der Waals surface area contributed by atoms with E-state index in [9.17, 15) is 0 Å². The lowest BCUT2D eigenvalue weighted by molar-refractivity contribution is 0.128. The largest absolute Gasteiger partial charge is 0.384 e. The molecule has 1 aromatic rings. The van der Waals surface area contributed by atoms with E-state index in [1.165, 1.54) is 38.5 Å². The zero-order chi connectivity index (χ0) is 14.7. The van der Waals surface area contributed by atoms with Crippen molar-refractivity contribution in [2.24, 2.45) is 5.41 Å². The molecule has 1 aromatic heterocycles. The molecule has 1 saturated carbocycles. The first-order valence-electron chi connectivity index (χ1n) is 8.17. The Morgan fingerprint density at radius 3 is 2.57 bits per heavy atom. The molecule has 5 heteroatoms. The Morgan fingerprint density at radius 2 is 1.90 bits per heavy atom. The van der Waals surface area contributed by atoms with E-state index in [4.69, 9.17) is 10.5 Å². The van der Waals surface area contributed by atoms with Crippen molar-refractivity contribution in [2.75, 3.05) is 30.3 Å². The normalized spacial score (nSPS) is 21.1. The van der Waals surface area contributed by atoms with E-state index >= 15 is 0 Å². The molecule has 1 aliphatic heterocycles. The van der Waals surface area contributed by atoms with E-state index in [-0.39, 0.29) is 0 Å². The smallest absolute Gasteiger partial charge is 0.158 e. The molecule has 0 aromatic carbocycles. The molecule has 2 N–H and O–H groups in total. The summed E-state index contributed by atoms with van der Waals surface area (Å²) in [6.07, 6.45) is 8.25. The van der Waals surface area contributed by atoms with Crippen molar-refractivity contribution >= 4 is 11.6 Å². The average Bonchev–Trinajstić information content (AvgIpc) is 2.93. The van der Waals surface area contributed by atoms with Gasteiger partial charge in [0.25, 0.3) is 0 Å². The predicted molar refractivity (Wildman–Crippen MR) is 84.1 cm³/mol. The van der Waals surface area contributed by atoms with E-state index in [0.29, 0.717) is 30.3 Å². The number of piperidine rings is 1. The summed E-state index contributed by atoms with van der Waals surface area (Å²) in [4.78, 5) is 11.2. The van der Waals surface area contributed by atoms with Crippen molar-refractivity contribution in [1.29, 1.82) is 0 Å². The van der Waals surface area contributed by atoms with Crippen LogP contribution in [0.4, 0.5) is 11.6 Å². The van der Waals surface area contributed by atoms with Crippen molar-refractivity contribution in [3.05, 3.63) is 11.9 Å². The van der Waals surface area contributed by atoms with Gasteiger partial charge in [-0.25, -0.2) is 9.97 Å². The molecule has 2 heterocycles. The summed E-state index contributed by atoms with van der Waals surface area (Å²) < 4.78 is 5.39. The number of rotatable bonds is 4. The first kappa shape index (κ1) is 14.6. The molecule has 21 heavy (non-hydrogen) atoms. The summed E-state index contributed by atoms with van der Waals surface area (Å²) in [7, 11) is 0. The minimum Gasteiger partial charge on any atom is -0.384 e. The fourth-order valence-electron chi connectivity index (χ4n) is 3.76. The van der Waals surface area contributed by atoms with Gasteiger partial charge in [0.1, 0.15) is 18.2 Å². The van der Waals surface area contributed by atoms with Gasteiger partial charge in [0.05, 0.1) is 0 Å². The van der Waals surface area contributed by atoms with Gasteiger partial charge in [-0.3, -0.25) is 0 Å². The number of nitrogens with two attached hydrogens (primary N) is 1. The number of nitrogen functional groups attached to an aromatic ring is 1. The Balaban J connectivity index is 1.68. The van der Waals surface area contributed by atoms with Gasteiger partial charge in [-0.2, -0.15) is 0 Å². The monoisotopic (exact) mass is 290 g/mol. The summed E-state index contributed by atoms with van der Waals surface area (Å²) in [5, 5.41) is 0. The molecule has 1 aliphatic carbocycles. The van der Waals surface area contributed by atoms with Crippen LogP contribution in [-0.2, 0) is 11.3 Å². The van der Waals surface area contributed by atoms with Crippen LogP contribution in [0.2, 0.25) is 0 Å². The topological polar surface area (TPSA) is 64.3 Å². The summed E-state index contributed by atoms with van der Waals surface area (Å²) in [5.41, 5.74) is 6.55. The third-order valence-electron chi connectivity index (χ3n) is 5.03. The molecule has 0 bridgehead atoms. The second-order valence-corrected chi connectivity index (χ2v) is 6.40. The third-order valence-corrected chi connectivity index (χ3v) is 5.03. The van der Waals surface area contributed by atoms with Gasteiger partial charge in [-0.1, -0.05) is 12.8 Å². The molecule has 116 valence electrons. The van der Waals surface area contributed by atoms with Crippen molar-refractivity contribution < 1.29 is 4.74 Å². The van der Waals surface area contributed by atoms with E-state index in [1.54, 1.807) is 0 Å². The van der Waals surface area contributed by atoms with Crippen LogP contribution in [0.15, 0.2) is 6.07 Å². The van der Waals surface area contributed by atoms with Gasteiger partial charge in [-0.05, 0) is 38.0 Å². The Kier molecular flexibility index (Phi) is 4.29. The first-order chi connectivity index (χ1) is 10.2. The van der Waals surface area contributed by atoms with Crippen molar-refractivity contribution in [3.8, 4) is 0 Å². The SMILES string of the molecule is CCOCc1nc(N)cc(N2CCC3(CCCC3)CC2)n1. The number of hydrogen-bond acceptors (Lipinski definition) is 5. The number of hydrogen-bond donors (Lipinski definition) is 1. The molecule has 0 unspecified atom stereocenters. The molecule has 0 amide bonds. The van der Waals surface area contributed by atoms with Crippen LogP contribution in [0.1, 0.15) is 51.3 Å². The highest BCUT2D eigenvalue weighted by molar-refractivity contribution is 5.47. The molecule has 2 fully saturated rings. The number of anilines is 2. The van der Waals surface area contributed by atoms with Gasteiger partial charge in [0.15, 0.2) is 5.82 Å². The van der Waals surface area contributed by atoms with E-state index in [1.807, 2.05) is 13.0 Å². The van der Waals surface area contributed by atoms with Gasteiger partial charge >= 0.3 is 0 Å². The lowest BCUT2D eigenvalue weighted by atomic mass is 9.77. The number of ether oxygens (including phenoxy) is 1. The van der Waals surface area contributed by atoms with Crippen molar-refractivity contribution in [1.82, 2.24) is 9.97 Å². The van der Waals surface area contributed by atoms with Crippen LogP contribution in [0, 0.1) is 5.41 Å². The van der Waals surface area contributed by atoms with Crippen LogP contribution in [-0.4, -0.2) is 29.7 Å². The predicted octanol–water partition coefficient (Wildman–Crippen LogP) is 2.76. The van der Waals surface area contributed by atoms with Gasteiger partial charge in [0.2, 0.25) is 0 Å². The summed E-state index contributed by atoms with van der Waals surface area (Å²) in [6.45, 7) is 5.25. The minimum atomic E-state index is 0.437. The number of aromatic nitrogens is 2. The lowest BCUT2D eigenvalue weighted by Gasteiger charge is -2.40. The lowest BCUT2D eigenvalue weighted by Crippen LogP contribution is -2.39. The fraction of sp³-hybridized carbons (Fsp3) is 0.750. The number of nitrogens with zero attached hydrogens (tertiary/aromatic N) is 3. The molecule has 0 radical (unpaired) electrons. The highest BCUT2D eigenvalue weighted by Crippen LogP contribution is 2.46. The van der Waals surface area contributed by atoms with Crippen LogP contribution in [0.3, 0.4) is 0 Å². The van der Waals surface area contributed by atoms with Crippen LogP contribution in [0.5, 0.6) is 0 Å². The second kappa shape index (κ2) is 6.18. The maximum absolute atomic E-state index is 5.92. The van der Waals surface area contributed by atoms with E-state index in [0.717, 1.165) is 18.9 Å². The van der Waals surface area contributed by atoms with Gasteiger partial charge < -0.3 is 15.4 Å². The Hall–Kier alpha value is -1.36. The molecule has 1 saturated heterocycles. The van der Waals surface area contributed by atoms with Crippen molar-refractivity contribution in [3.63, 3.8) is 0 Å². The summed E-state index contributed by atoms with van der Waals surface area (Å²) in [5.74, 6) is 2.19. The molecule has 0 atom stereocenters. The quantitative estimate of drug-likeness (QED) is 0.923. The van der Waals surface area contributed by atoms with Gasteiger partial charge in [0, 0.05) is 25.8 Å². The molecular formula is C16H26N4O. The van der Waals surface area contributed by atoms with Crippen LogP contribution < -0.4 is 10.6 Å². The highest BCUT2D eigenvalue weighted by Gasteiger charge is 2.37. The highest BCUT2D eigenvalue weighted by atomic mass is 16.5. The van der Waals surface area contributed by atoms with Crippen molar-refractivity contribution in [2.45, 2.75) is 52.1 Å². The zero-order valence-corrected chi connectivity index (χ0v) is 13.0. The standard InChI is InChI=1S/C16H26N4O/c1-2-21-12-14-18-13(17)11-15(19-14)20-9-7-16(8-10-20)5-3-4-6-16/h11H,2-10,12H2,1H3,(H2,17,18,19). The maximum Gasteiger partial charge on any atom is 0.158 e. The zero-order valence-electron chi connectivity index (χ0n) is 13.0. The summed E-state index contributed by atoms with van der Waals surface area (Å²) >= 11 is 0. The van der Waals surface area contributed by atoms with Gasteiger partial charge in [-0.15, -0.1) is 0 Å². The van der Waals surface area contributed by atoms with Crippen LogP contribution in [0.25, 0.3) is 0 Å². The Bertz CT molecular complexity index is 475. The molecule has 5 nitrogen and oxygen atoms in total. The Morgan fingerprint density at radius 1 is 1.19 bits per heavy atom. The Labute approximate surface area is 126 Å². The minimum absolute atomic E-state index is 0.437. The van der Waals surface area contributed by atoms with Crippen LogP contribution >= 0.6 is 0 Å². The van der Waals surface area contributed by atoms with E-state index in [2.05, 4.69) is 14.9 Å². The maximum atomic E-state index is 5.92. The van der Waals surface area contributed by atoms with E-state index < -0.39 is 0 Å². The average molecular weight is 290 g/mol. The fourth-order valence-corrected chi connectivity index (χ4v) is 3.76. The first-order valence-corrected chi connectivity index (χ1v) is 8.17. The molecular weight excluding hydrogens is 264 g/mol. The molecule has 1 spiro atoms. The second-order valence-electron chi connectivity index (χ2n) is 6.40. The third kappa shape index (κ3) is 3.28.